The summed E-state index contributed by atoms with van der Waals surface area (Å²) in [6.07, 6.45) is 15.9. The lowest BCUT2D eigenvalue weighted by atomic mass is 10.3. The SMILES string of the molecule is C#CCOCC(n1cccn1)(n1cccn1)n1cccn1. The third-order valence-electron chi connectivity index (χ3n) is 3.10. The van der Waals surface area contributed by atoms with E-state index in [-0.39, 0.29) is 13.2 Å². The van der Waals surface area contributed by atoms with Crippen molar-refractivity contribution in [3.8, 4) is 12.3 Å². The molecule has 7 nitrogen and oxygen atoms in total. The molecule has 0 fully saturated rings. The van der Waals surface area contributed by atoms with E-state index in [2.05, 4.69) is 21.2 Å². The van der Waals surface area contributed by atoms with Crippen LogP contribution in [0.4, 0.5) is 0 Å². The fourth-order valence-electron chi connectivity index (χ4n) is 2.20. The van der Waals surface area contributed by atoms with E-state index in [4.69, 9.17) is 11.2 Å². The van der Waals surface area contributed by atoms with Crippen LogP contribution in [0, 0.1) is 12.3 Å². The first-order chi connectivity index (χ1) is 10.4. The Bertz CT molecular complexity index is 609. The molecule has 3 aromatic rings. The summed E-state index contributed by atoms with van der Waals surface area (Å²) in [7, 11) is 0. The predicted octanol–water partition coefficient (Wildman–Crippen LogP) is 0.633. The van der Waals surface area contributed by atoms with Crippen molar-refractivity contribution in [1.29, 1.82) is 0 Å². The molecule has 0 aliphatic rings. The van der Waals surface area contributed by atoms with Gasteiger partial charge in [-0.1, -0.05) is 5.92 Å². The lowest BCUT2D eigenvalue weighted by molar-refractivity contribution is 0.000997. The second-order valence-electron chi connectivity index (χ2n) is 4.32. The summed E-state index contributed by atoms with van der Waals surface area (Å²) in [6, 6.07) is 5.51. The van der Waals surface area contributed by atoms with Gasteiger partial charge in [-0.05, 0) is 18.2 Å². The van der Waals surface area contributed by atoms with Crippen LogP contribution in [0.1, 0.15) is 0 Å². The lowest BCUT2D eigenvalue weighted by Gasteiger charge is -2.34. The van der Waals surface area contributed by atoms with Gasteiger partial charge in [-0.3, -0.25) is 0 Å². The number of nitrogens with zero attached hydrogens (tertiary/aromatic N) is 6. The highest BCUT2D eigenvalue weighted by molar-refractivity contribution is 4.98. The zero-order valence-electron chi connectivity index (χ0n) is 11.3. The van der Waals surface area contributed by atoms with E-state index in [1.807, 2.05) is 36.8 Å². The molecule has 0 amide bonds. The molecule has 0 spiro atoms. The third-order valence-corrected chi connectivity index (χ3v) is 3.10. The van der Waals surface area contributed by atoms with Gasteiger partial charge in [-0.25, -0.2) is 14.0 Å². The molecule has 21 heavy (non-hydrogen) atoms. The van der Waals surface area contributed by atoms with Crippen molar-refractivity contribution in [2.24, 2.45) is 0 Å². The molecule has 0 bridgehead atoms. The zero-order valence-corrected chi connectivity index (χ0v) is 11.3. The highest BCUT2D eigenvalue weighted by atomic mass is 16.5. The van der Waals surface area contributed by atoms with E-state index >= 15 is 0 Å². The monoisotopic (exact) mass is 282 g/mol. The quantitative estimate of drug-likeness (QED) is 0.491. The maximum atomic E-state index is 5.60. The van der Waals surface area contributed by atoms with Crippen LogP contribution in [0.5, 0.6) is 0 Å². The maximum absolute atomic E-state index is 5.60. The van der Waals surface area contributed by atoms with Crippen LogP contribution in [-0.2, 0) is 10.5 Å². The van der Waals surface area contributed by atoms with Crippen LogP contribution in [-0.4, -0.2) is 42.6 Å². The fraction of sp³-hybridized carbons (Fsp3) is 0.214. The standard InChI is InChI=1S/C14H14N6O/c1-2-12-21-13-14(18-9-3-6-15-18,19-10-4-7-16-19)20-11-5-8-17-20/h1,3-11H,12-13H2. The molecule has 0 aliphatic carbocycles. The molecule has 106 valence electrons. The summed E-state index contributed by atoms with van der Waals surface area (Å²) in [4.78, 5) is 0. The highest BCUT2D eigenvalue weighted by Gasteiger charge is 2.38. The van der Waals surface area contributed by atoms with Crippen LogP contribution in [0.3, 0.4) is 0 Å². The Labute approximate surface area is 121 Å². The average molecular weight is 282 g/mol. The Hall–Kier alpha value is -2.85. The third kappa shape index (κ3) is 2.22. The molecule has 0 radical (unpaired) electrons. The Kier molecular flexibility index (Phi) is 3.53. The van der Waals surface area contributed by atoms with Gasteiger partial charge in [0.05, 0.1) is 0 Å². The molecule has 0 saturated carbocycles. The molecule has 7 heteroatoms. The average Bonchev–Trinajstić information content (AvgIpc) is 3.28. The van der Waals surface area contributed by atoms with Crippen molar-refractivity contribution in [1.82, 2.24) is 29.3 Å². The van der Waals surface area contributed by atoms with Crippen molar-refractivity contribution >= 4 is 0 Å². The van der Waals surface area contributed by atoms with E-state index < -0.39 is 5.79 Å². The Morgan fingerprint density at radius 1 is 0.905 bits per heavy atom. The van der Waals surface area contributed by atoms with E-state index in [1.54, 1.807) is 32.6 Å². The number of hydrogen-bond donors (Lipinski definition) is 0. The first-order valence-corrected chi connectivity index (χ1v) is 6.39. The largest absolute Gasteiger partial charge is 0.362 e. The van der Waals surface area contributed by atoms with Gasteiger partial charge in [0.1, 0.15) is 13.2 Å². The molecule has 0 aliphatic heterocycles. The highest BCUT2D eigenvalue weighted by Crippen LogP contribution is 2.20. The number of rotatable bonds is 6. The van der Waals surface area contributed by atoms with Crippen molar-refractivity contribution in [3.05, 3.63) is 55.4 Å². The first-order valence-electron chi connectivity index (χ1n) is 6.39. The van der Waals surface area contributed by atoms with Gasteiger partial charge < -0.3 is 4.74 Å². The van der Waals surface area contributed by atoms with Gasteiger partial charge in [-0.2, -0.15) is 15.3 Å². The van der Waals surface area contributed by atoms with Gasteiger partial charge in [0.25, 0.3) is 5.79 Å². The molecule has 0 saturated heterocycles. The summed E-state index contributed by atoms with van der Waals surface area (Å²) in [6.45, 7) is 0.438. The number of aromatic nitrogens is 6. The Morgan fingerprint density at radius 2 is 1.38 bits per heavy atom. The minimum absolute atomic E-state index is 0.200. The Balaban J connectivity index is 2.14. The van der Waals surface area contributed by atoms with Gasteiger partial charge in [0, 0.05) is 37.2 Å². The van der Waals surface area contributed by atoms with Crippen LogP contribution in [0.2, 0.25) is 0 Å². The molecule has 0 atom stereocenters. The minimum Gasteiger partial charge on any atom is -0.362 e. The van der Waals surface area contributed by atoms with E-state index in [9.17, 15) is 0 Å². The van der Waals surface area contributed by atoms with Crippen LogP contribution < -0.4 is 0 Å². The number of terminal acetylenes is 1. The number of hydrogen-bond acceptors (Lipinski definition) is 4. The molecule has 0 N–H and O–H groups in total. The maximum Gasteiger partial charge on any atom is 0.273 e. The van der Waals surface area contributed by atoms with Gasteiger partial charge in [0.2, 0.25) is 0 Å². The molecule has 3 aromatic heterocycles. The summed E-state index contributed by atoms with van der Waals surface area (Å²) in [5, 5.41) is 13.0. The Morgan fingerprint density at radius 3 is 1.71 bits per heavy atom. The first kappa shape index (κ1) is 13.1. The number of ether oxygens (including phenoxy) is 1. The van der Waals surface area contributed by atoms with Crippen LogP contribution in [0.25, 0.3) is 0 Å². The van der Waals surface area contributed by atoms with Gasteiger partial charge >= 0.3 is 0 Å². The van der Waals surface area contributed by atoms with E-state index in [1.165, 1.54) is 0 Å². The summed E-state index contributed by atoms with van der Waals surface area (Å²) in [5.74, 6) is 1.58. The van der Waals surface area contributed by atoms with Gasteiger partial charge in [-0.15, -0.1) is 6.42 Å². The molecular weight excluding hydrogens is 268 g/mol. The molecule has 0 aromatic carbocycles. The predicted molar refractivity (Wildman–Crippen MR) is 75.1 cm³/mol. The normalized spacial score (nSPS) is 11.4. The van der Waals surface area contributed by atoms with Crippen molar-refractivity contribution in [2.45, 2.75) is 5.79 Å². The lowest BCUT2D eigenvalue weighted by Crippen LogP contribution is -2.52. The van der Waals surface area contributed by atoms with Crippen molar-refractivity contribution in [3.63, 3.8) is 0 Å². The summed E-state index contributed by atoms with van der Waals surface area (Å²) < 4.78 is 10.8. The summed E-state index contributed by atoms with van der Waals surface area (Å²) in [5.41, 5.74) is 0. The van der Waals surface area contributed by atoms with Gasteiger partial charge in [0.15, 0.2) is 0 Å². The second-order valence-corrected chi connectivity index (χ2v) is 4.32. The second kappa shape index (κ2) is 5.64. The topological polar surface area (TPSA) is 62.7 Å². The molecular formula is C14H14N6O. The molecule has 3 heterocycles. The van der Waals surface area contributed by atoms with E-state index in [0.717, 1.165) is 0 Å². The zero-order chi connectivity index (χ0) is 14.5. The van der Waals surface area contributed by atoms with Crippen LogP contribution in [0.15, 0.2) is 55.4 Å². The van der Waals surface area contributed by atoms with E-state index in [0.29, 0.717) is 0 Å². The minimum atomic E-state index is -0.882. The summed E-state index contributed by atoms with van der Waals surface area (Å²) >= 11 is 0. The molecule has 0 unspecified atom stereocenters. The van der Waals surface area contributed by atoms with Crippen molar-refractivity contribution < 1.29 is 4.74 Å². The van der Waals surface area contributed by atoms with Crippen molar-refractivity contribution in [2.75, 3.05) is 13.2 Å². The molecule has 3 rings (SSSR count). The smallest absolute Gasteiger partial charge is 0.273 e. The van der Waals surface area contributed by atoms with Crippen LogP contribution >= 0.6 is 0 Å². The fourth-order valence-corrected chi connectivity index (χ4v) is 2.20.